The summed E-state index contributed by atoms with van der Waals surface area (Å²) in [5.74, 6) is -0.296. The highest BCUT2D eigenvalue weighted by Crippen LogP contribution is 2.28. The van der Waals surface area contributed by atoms with Gasteiger partial charge in [0.15, 0.2) is 5.17 Å². The Kier molecular flexibility index (Phi) is 5.19. The molecule has 0 saturated carbocycles. The molecule has 1 heterocycles. The Balaban J connectivity index is 1.77. The number of hydrogen-bond acceptors (Lipinski definition) is 4. The lowest BCUT2D eigenvalue weighted by molar-refractivity contribution is -0.128. The number of aliphatic imine (C=N–C) groups is 1. The van der Waals surface area contributed by atoms with E-state index >= 15 is 0 Å². The van der Waals surface area contributed by atoms with Crippen LogP contribution in [0.2, 0.25) is 0 Å². The van der Waals surface area contributed by atoms with E-state index < -0.39 is 5.25 Å². The number of amides is 2. The number of anilines is 1. The van der Waals surface area contributed by atoms with Crippen LogP contribution in [-0.2, 0) is 9.59 Å². The van der Waals surface area contributed by atoms with Crippen LogP contribution in [0.4, 0.5) is 11.4 Å². The minimum Gasteiger partial charge on any atom is -0.325 e. The fraction of sp³-hybridized carbons (Fsp3) is 0.211. The van der Waals surface area contributed by atoms with Crippen LogP contribution in [0, 0.1) is 6.92 Å². The lowest BCUT2D eigenvalue weighted by atomic mass is 10.2. The van der Waals surface area contributed by atoms with Crippen LogP contribution in [0.15, 0.2) is 59.6 Å². The monoisotopic (exact) mass is 353 g/mol. The van der Waals surface area contributed by atoms with Crippen molar-refractivity contribution < 1.29 is 9.59 Å². The van der Waals surface area contributed by atoms with Crippen LogP contribution in [0.1, 0.15) is 12.0 Å². The molecule has 0 radical (unpaired) electrons. The summed E-state index contributed by atoms with van der Waals surface area (Å²) in [5.41, 5.74) is 2.55. The second kappa shape index (κ2) is 7.53. The quantitative estimate of drug-likeness (QED) is 0.917. The second-order valence-corrected chi connectivity index (χ2v) is 7.02. The molecule has 1 fully saturated rings. The summed E-state index contributed by atoms with van der Waals surface area (Å²) in [5, 5.41) is 2.93. The molecule has 1 aliphatic rings. The number of nitrogens with zero attached hydrogens (tertiary/aromatic N) is 2. The first-order valence-corrected chi connectivity index (χ1v) is 8.85. The standard InChI is InChI=1S/C19H19N3O2S/c1-13-7-6-10-15(11-13)20-18(24)16-12-17(23)22(2)19(25-16)21-14-8-4-3-5-9-14/h3-11,16H,12H2,1-2H3,(H,20,24)/t16-/m0/s1. The molecule has 1 atom stereocenters. The first-order chi connectivity index (χ1) is 12.0. The molecule has 2 amide bonds. The number of thioether (sulfide) groups is 1. The van der Waals surface area contributed by atoms with Crippen molar-refractivity contribution in [2.75, 3.05) is 12.4 Å². The zero-order chi connectivity index (χ0) is 17.8. The van der Waals surface area contributed by atoms with Crippen molar-refractivity contribution in [3.63, 3.8) is 0 Å². The van der Waals surface area contributed by atoms with Gasteiger partial charge < -0.3 is 5.32 Å². The lowest BCUT2D eigenvalue weighted by Crippen LogP contribution is -2.43. The number of carbonyl (C=O) groups is 2. The summed E-state index contributed by atoms with van der Waals surface area (Å²) in [6.07, 6.45) is 0.159. The molecule has 1 saturated heterocycles. The van der Waals surface area contributed by atoms with E-state index in [1.807, 2.05) is 61.5 Å². The second-order valence-electron chi connectivity index (χ2n) is 5.85. The molecule has 5 nitrogen and oxygen atoms in total. The van der Waals surface area contributed by atoms with Crippen molar-refractivity contribution >= 4 is 40.1 Å². The Morgan fingerprint density at radius 1 is 1.20 bits per heavy atom. The number of benzene rings is 2. The van der Waals surface area contributed by atoms with Gasteiger partial charge in [-0.2, -0.15) is 0 Å². The maximum Gasteiger partial charge on any atom is 0.238 e. The first kappa shape index (κ1) is 17.2. The molecule has 3 rings (SSSR count). The molecule has 0 spiro atoms. The van der Waals surface area contributed by atoms with Crippen molar-refractivity contribution in [3.8, 4) is 0 Å². The molecule has 0 bridgehead atoms. The zero-order valence-electron chi connectivity index (χ0n) is 14.1. The van der Waals surface area contributed by atoms with Gasteiger partial charge in [-0.1, -0.05) is 42.1 Å². The van der Waals surface area contributed by atoms with Gasteiger partial charge in [-0.25, -0.2) is 4.99 Å². The summed E-state index contributed by atoms with van der Waals surface area (Å²) < 4.78 is 0. The Morgan fingerprint density at radius 3 is 2.68 bits per heavy atom. The lowest BCUT2D eigenvalue weighted by Gasteiger charge is -2.28. The highest BCUT2D eigenvalue weighted by Gasteiger charge is 2.34. The molecule has 2 aromatic carbocycles. The van der Waals surface area contributed by atoms with Gasteiger partial charge in [-0.15, -0.1) is 0 Å². The van der Waals surface area contributed by atoms with E-state index in [0.29, 0.717) is 5.17 Å². The zero-order valence-corrected chi connectivity index (χ0v) is 14.9. The predicted octanol–water partition coefficient (Wildman–Crippen LogP) is 3.59. The predicted molar refractivity (Wildman–Crippen MR) is 102 cm³/mol. The van der Waals surface area contributed by atoms with E-state index in [2.05, 4.69) is 10.3 Å². The van der Waals surface area contributed by atoms with Crippen LogP contribution in [0.5, 0.6) is 0 Å². The van der Waals surface area contributed by atoms with Crippen molar-refractivity contribution in [2.24, 2.45) is 4.99 Å². The van der Waals surface area contributed by atoms with E-state index in [1.54, 1.807) is 7.05 Å². The molecule has 1 aliphatic heterocycles. The van der Waals surface area contributed by atoms with Crippen LogP contribution >= 0.6 is 11.8 Å². The van der Waals surface area contributed by atoms with Crippen molar-refractivity contribution in [2.45, 2.75) is 18.6 Å². The van der Waals surface area contributed by atoms with E-state index in [0.717, 1.165) is 16.9 Å². The molecule has 0 aromatic heterocycles. The average Bonchev–Trinajstić information content (AvgIpc) is 2.59. The first-order valence-electron chi connectivity index (χ1n) is 7.97. The topological polar surface area (TPSA) is 61.8 Å². The number of amidine groups is 1. The molecular weight excluding hydrogens is 334 g/mol. The van der Waals surface area contributed by atoms with Crippen LogP contribution in [-0.4, -0.2) is 34.2 Å². The average molecular weight is 353 g/mol. The molecule has 25 heavy (non-hydrogen) atoms. The molecule has 1 N–H and O–H groups in total. The van der Waals surface area contributed by atoms with E-state index in [1.165, 1.54) is 16.7 Å². The van der Waals surface area contributed by atoms with Crippen LogP contribution in [0.3, 0.4) is 0 Å². The molecule has 2 aromatic rings. The SMILES string of the molecule is Cc1cccc(NC(=O)[C@@H]2CC(=O)N(C)C(=Nc3ccccc3)S2)c1. The number of para-hydroxylation sites is 1. The number of aryl methyl sites for hydroxylation is 1. The summed E-state index contributed by atoms with van der Waals surface area (Å²) >= 11 is 1.31. The van der Waals surface area contributed by atoms with Gasteiger partial charge in [0.25, 0.3) is 0 Å². The normalized spacial score (nSPS) is 19.1. The fourth-order valence-corrected chi connectivity index (χ4v) is 3.52. The Labute approximate surface area is 151 Å². The minimum atomic E-state index is -0.494. The summed E-state index contributed by atoms with van der Waals surface area (Å²) in [7, 11) is 1.69. The van der Waals surface area contributed by atoms with Gasteiger partial charge in [0.2, 0.25) is 11.8 Å². The van der Waals surface area contributed by atoms with Gasteiger partial charge in [0.05, 0.1) is 5.69 Å². The maximum absolute atomic E-state index is 12.6. The van der Waals surface area contributed by atoms with Crippen molar-refractivity contribution in [1.29, 1.82) is 0 Å². The molecular formula is C19H19N3O2S. The summed E-state index contributed by atoms with van der Waals surface area (Å²) in [6.45, 7) is 1.97. The van der Waals surface area contributed by atoms with Crippen LogP contribution in [0.25, 0.3) is 0 Å². The molecule has 128 valence electrons. The number of hydrogen-bond donors (Lipinski definition) is 1. The number of carbonyl (C=O) groups excluding carboxylic acids is 2. The maximum atomic E-state index is 12.6. The fourth-order valence-electron chi connectivity index (χ4n) is 2.46. The van der Waals surface area contributed by atoms with Gasteiger partial charge >= 0.3 is 0 Å². The molecule has 0 unspecified atom stereocenters. The Bertz CT molecular complexity index is 820. The number of rotatable bonds is 3. The summed E-state index contributed by atoms with van der Waals surface area (Å²) in [6, 6.07) is 17.0. The number of nitrogens with one attached hydrogen (secondary N) is 1. The van der Waals surface area contributed by atoms with E-state index in [9.17, 15) is 9.59 Å². The van der Waals surface area contributed by atoms with Gasteiger partial charge in [-0.3, -0.25) is 14.5 Å². The highest BCUT2D eigenvalue weighted by molar-refractivity contribution is 8.15. The third kappa shape index (κ3) is 4.28. The highest BCUT2D eigenvalue weighted by atomic mass is 32.2. The third-order valence-electron chi connectivity index (χ3n) is 3.83. The Hall–Kier alpha value is -2.60. The van der Waals surface area contributed by atoms with Gasteiger partial charge in [-0.05, 0) is 36.8 Å². The summed E-state index contributed by atoms with van der Waals surface area (Å²) in [4.78, 5) is 30.9. The van der Waals surface area contributed by atoms with E-state index in [-0.39, 0.29) is 18.2 Å². The van der Waals surface area contributed by atoms with Crippen molar-refractivity contribution in [3.05, 3.63) is 60.2 Å². The minimum absolute atomic E-state index is 0.113. The van der Waals surface area contributed by atoms with E-state index in [4.69, 9.17) is 0 Å². The third-order valence-corrected chi connectivity index (χ3v) is 5.07. The smallest absolute Gasteiger partial charge is 0.238 e. The van der Waals surface area contributed by atoms with Gasteiger partial charge in [0, 0.05) is 19.2 Å². The van der Waals surface area contributed by atoms with Crippen LogP contribution < -0.4 is 5.32 Å². The van der Waals surface area contributed by atoms with Crippen molar-refractivity contribution in [1.82, 2.24) is 4.90 Å². The largest absolute Gasteiger partial charge is 0.325 e. The Morgan fingerprint density at radius 2 is 1.96 bits per heavy atom. The molecule has 0 aliphatic carbocycles. The molecule has 6 heteroatoms. The van der Waals surface area contributed by atoms with Gasteiger partial charge in [0.1, 0.15) is 5.25 Å².